The van der Waals surface area contributed by atoms with E-state index in [1.807, 2.05) is 24.3 Å². The molecule has 0 aromatic heterocycles. The van der Waals surface area contributed by atoms with Crippen LogP contribution in [-0.4, -0.2) is 17.1 Å². The second kappa shape index (κ2) is 9.25. The van der Waals surface area contributed by atoms with Gasteiger partial charge in [0.1, 0.15) is 6.04 Å². The average Bonchev–Trinajstić information content (AvgIpc) is 2.54. The highest BCUT2D eigenvalue weighted by molar-refractivity contribution is 6.17. The molecule has 0 amide bonds. The fraction of sp³-hybridized carbons (Fsp3) is 0.188. The van der Waals surface area contributed by atoms with Crippen molar-refractivity contribution in [3.63, 3.8) is 0 Å². The first kappa shape index (κ1) is 19.1. The molecule has 122 valence electrons. The van der Waals surface area contributed by atoms with Crippen molar-refractivity contribution >= 4 is 41.4 Å². The van der Waals surface area contributed by atoms with Gasteiger partial charge >= 0.3 is 5.97 Å². The Balaban J connectivity index is 0.00000264. The SMILES string of the molecule is Cl.NC(Cc1ccc(N=Nc2cccc(CCl)c2)cc1)C(=O)O. The number of halogens is 2. The van der Waals surface area contributed by atoms with E-state index in [1.54, 1.807) is 24.3 Å². The molecule has 1 unspecified atom stereocenters. The summed E-state index contributed by atoms with van der Waals surface area (Å²) in [5.41, 5.74) is 8.74. The second-order valence-corrected chi connectivity index (χ2v) is 5.09. The van der Waals surface area contributed by atoms with Crippen LogP contribution < -0.4 is 5.73 Å². The summed E-state index contributed by atoms with van der Waals surface area (Å²) in [6, 6.07) is 13.8. The molecule has 0 radical (unpaired) electrons. The number of nitrogens with zero attached hydrogens (tertiary/aromatic N) is 2. The smallest absolute Gasteiger partial charge is 0.320 e. The van der Waals surface area contributed by atoms with E-state index in [4.69, 9.17) is 22.4 Å². The predicted molar refractivity (Wildman–Crippen MR) is 93.2 cm³/mol. The Labute approximate surface area is 145 Å². The van der Waals surface area contributed by atoms with Crippen LogP contribution in [0.1, 0.15) is 11.1 Å². The number of alkyl halides is 1. The molecule has 7 heteroatoms. The zero-order chi connectivity index (χ0) is 15.9. The van der Waals surface area contributed by atoms with Crippen molar-refractivity contribution in [1.82, 2.24) is 0 Å². The van der Waals surface area contributed by atoms with Gasteiger partial charge in [0.05, 0.1) is 11.4 Å². The molecule has 0 saturated carbocycles. The normalized spacial score (nSPS) is 11.9. The van der Waals surface area contributed by atoms with E-state index in [0.717, 1.165) is 16.8 Å². The van der Waals surface area contributed by atoms with Gasteiger partial charge in [0, 0.05) is 5.88 Å². The number of carbonyl (C=O) groups is 1. The lowest BCUT2D eigenvalue weighted by Gasteiger charge is -2.06. The number of carboxylic acids is 1. The third kappa shape index (κ3) is 5.98. The molecule has 0 spiro atoms. The highest BCUT2D eigenvalue weighted by Gasteiger charge is 2.11. The van der Waals surface area contributed by atoms with Crippen molar-refractivity contribution in [2.75, 3.05) is 0 Å². The monoisotopic (exact) mass is 353 g/mol. The van der Waals surface area contributed by atoms with Gasteiger partial charge in [-0.05, 0) is 41.8 Å². The van der Waals surface area contributed by atoms with Crippen LogP contribution in [0.4, 0.5) is 11.4 Å². The van der Waals surface area contributed by atoms with Crippen molar-refractivity contribution in [2.24, 2.45) is 16.0 Å². The minimum absolute atomic E-state index is 0. The fourth-order valence-corrected chi connectivity index (χ4v) is 2.02. The largest absolute Gasteiger partial charge is 0.480 e. The fourth-order valence-electron chi connectivity index (χ4n) is 1.86. The molecule has 0 heterocycles. The first-order valence-electron chi connectivity index (χ1n) is 6.72. The van der Waals surface area contributed by atoms with E-state index in [1.165, 1.54) is 0 Å². The minimum Gasteiger partial charge on any atom is -0.480 e. The Hall–Kier alpha value is -1.95. The standard InChI is InChI=1S/C16H16ClN3O2.ClH/c17-10-12-2-1-3-14(8-12)20-19-13-6-4-11(5-7-13)9-15(18)16(21)22;/h1-8,15H,9-10,18H2,(H,21,22);1H. The third-order valence-corrected chi connectivity index (χ3v) is 3.36. The maximum atomic E-state index is 10.7. The lowest BCUT2D eigenvalue weighted by Crippen LogP contribution is -2.32. The van der Waals surface area contributed by atoms with Crippen LogP contribution in [-0.2, 0) is 17.1 Å². The summed E-state index contributed by atoms with van der Waals surface area (Å²) in [5.74, 6) is -0.579. The molecule has 23 heavy (non-hydrogen) atoms. The van der Waals surface area contributed by atoms with Crippen molar-refractivity contribution in [2.45, 2.75) is 18.3 Å². The van der Waals surface area contributed by atoms with E-state index in [9.17, 15) is 4.79 Å². The Bertz CT molecular complexity index is 675. The van der Waals surface area contributed by atoms with Crippen molar-refractivity contribution in [1.29, 1.82) is 0 Å². The molecule has 5 nitrogen and oxygen atoms in total. The third-order valence-electron chi connectivity index (χ3n) is 3.05. The van der Waals surface area contributed by atoms with Crippen LogP contribution in [0.3, 0.4) is 0 Å². The predicted octanol–water partition coefficient (Wildman–Crippen LogP) is 4.22. The summed E-state index contributed by atoms with van der Waals surface area (Å²) in [7, 11) is 0. The number of hydrogen-bond acceptors (Lipinski definition) is 4. The van der Waals surface area contributed by atoms with Crippen molar-refractivity contribution in [3.8, 4) is 0 Å². The van der Waals surface area contributed by atoms with Crippen LogP contribution >= 0.6 is 24.0 Å². The average molecular weight is 354 g/mol. The molecule has 2 rings (SSSR count). The van der Waals surface area contributed by atoms with Gasteiger partial charge in [-0.3, -0.25) is 4.79 Å². The number of rotatable bonds is 6. The summed E-state index contributed by atoms with van der Waals surface area (Å²) < 4.78 is 0. The highest BCUT2D eigenvalue weighted by Crippen LogP contribution is 2.20. The second-order valence-electron chi connectivity index (χ2n) is 4.82. The van der Waals surface area contributed by atoms with E-state index in [2.05, 4.69) is 10.2 Å². The van der Waals surface area contributed by atoms with Gasteiger partial charge in [-0.15, -0.1) is 24.0 Å². The van der Waals surface area contributed by atoms with E-state index in [0.29, 0.717) is 11.6 Å². The van der Waals surface area contributed by atoms with Gasteiger partial charge < -0.3 is 10.8 Å². The molecule has 0 aliphatic heterocycles. The summed E-state index contributed by atoms with van der Waals surface area (Å²) in [4.78, 5) is 10.7. The summed E-state index contributed by atoms with van der Waals surface area (Å²) in [6.07, 6.45) is 0.282. The van der Waals surface area contributed by atoms with Crippen LogP contribution in [0.15, 0.2) is 58.8 Å². The van der Waals surface area contributed by atoms with Gasteiger partial charge in [0.2, 0.25) is 0 Å². The van der Waals surface area contributed by atoms with Gasteiger partial charge in [-0.25, -0.2) is 0 Å². The molecule has 1 atom stereocenters. The number of hydrogen-bond donors (Lipinski definition) is 2. The lowest BCUT2D eigenvalue weighted by atomic mass is 10.1. The maximum absolute atomic E-state index is 10.7. The zero-order valence-electron chi connectivity index (χ0n) is 12.2. The zero-order valence-corrected chi connectivity index (χ0v) is 13.8. The van der Waals surface area contributed by atoms with Gasteiger partial charge in [0.25, 0.3) is 0 Å². The summed E-state index contributed by atoms with van der Waals surface area (Å²) in [5, 5.41) is 17.1. The van der Waals surface area contributed by atoms with Gasteiger partial charge in [-0.1, -0.05) is 24.3 Å². The summed E-state index contributed by atoms with van der Waals surface area (Å²) in [6.45, 7) is 0. The first-order valence-corrected chi connectivity index (χ1v) is 7.26. The molecule has 0 bridgehead atoms. The van der Waals surface area contributed by atoms with Crippen molar-refractivity contribution in [3.05, 3.63) is 59.7 Å². The van der Waals surface area contributed by atoms with E-state index in [-0.39, 0.29) is 18.8 Å². The number of azo groups is 1. The molecular formula is C16H17Cl2N3O2. The topological polar surface area (TPSA) is 88.0 Å². The molecule has 0 fully saturated rings. The summed E-state index contributed by atoms with van der Waals surface area (Å²) >= 11 is 5.77. The first-order chi connectivity index (χ1) is 10.6. The van der Waals surface area contributed by atoms with Crippen LogP contribution in [0.25, 0.3) is 0 Å². The number of benzene rings is 2. The Kier molecular flexibility index (Phi) is 7.68. The maximum Gasteiger partial charge on any atom is 0.320 e. The van der Waals surface area contributed by atoms with Crippen LogP contribution in [0.5, 0.6) is 0 Å². The Morgan fingerprint density at radius 1 is 1.09 bits per heavy atom. The number of nitrogens with two attached hydrogens (primary N) is 1. The lowest BCUT2D eigenvalue weighted by molar-refractivity contribution is -0.138. The highest BCUT2D eigenvalue weighted by atomic mass is 35.5. The molecule has 2 aromatic rings. The van der Waals surface area contributed by atoms with Crippen LogP contribution in [0, 0.1) is 0 Å². The van der Waals surface area contributed by atoms with Crippen molar-refractivity contribution < 1.29 is 9.90 Å². The minimum atomic E-state index is -1.01. The molecule has 3 N–H and O–H groups in total. The van der Waals surface area contributed by atoms with Gasteiger partial charge in [-0.2, -0.15) is 10.2 Å². The molecule has 0 saturated heterocycles. The number of aliphatic carboxylic acids is 1. The quantitative estimate of drug-likeness (QED) is 0.601. The van der Waals surface area contributed by atoms with Gasteiger partial charge in [0.15, 0.2) is 0 Å². The Morgan fingerprint density at radius 3 is 2.35 bits per heavy atom. The molecular weight excluding hydrogens is 337 g/mol. The molecule has 0 aliphatic rings. The number of carboxylic acid groups (broad SMARTS) is 1. The molecule has 0 aliphatic carbocycles. The van der Waals surface area contributed by atoms with E-state index < -0.39 is 12.0 Å². The van der Waals surface area contributed by atoms with E-state index >= 15 is 0 Å². The van der Waals surface area contributed by atoms with Crippen LogP contribution in [0.2, 0.25) is 0 Å². The molecule has 2 aromatic carbocycles. The Morgan fingerprint density at radius 2 is 1.74 bits per heavy atom.